The molecule has 104 valence electrons. The predicted molar refractivity (Wildman–Crippen MR) is 72.4 cm³/mol. The number of nitrogens with one attached hydrogen (secondary N) is 1. The molecule has 3 N–H and O–H groups in total. The molecule has 6 heteroatoms. The highest BCUT2D eigenvalue weighted by molar-refractivity contribution is 6.30. The summed E-state index contributed by atoms with van der Waals surface area (Å²) in [6.07, 6.45) is 0.895. The Hall–Kier alpha value is -1.17. The molecule has 1 aliphatic rings. The summed E-state index contributed by atoms with van der Waals surface area (Å²) in [5, 5.41) is 3.63. The van der Waals surface area contributed by atoms with Gasteiger partial charge in [0.25, 0.3) is 0 Å². The molecular weight excluding hydrogens is 269 g/mol. The highest BCUT2D eigenvalue weighted by Crippen LogP contribution is 2.26. The lowest BCUT2D eigenvalue weighted by molar-refractivity contribution is -0.123. The van der Waals surface area contributed by atoms with E-state index in [1.165, 1.54) is 18.2 Å². The average Bonchev–Trinajstić information content (AvgIpc) is 2.62. The van der Waals surface area contributed by atoms with Crippen molar-refractivity contribution in [3.05, 3.63) is 34.6 Å². The zero-order valence-corrected chi connectivity index (χ0v) is 11.3. The summed E-state index contributed by atoms with van der Waals surface area (Å²) >= 11 is 5.89. The Balaban J connectivity index is 2.33. The predicted octanol–water partition coefficient (Wildman–Crippen LogP) is 1.30. The van der Waals surface area contributed by atoms with Gasteiger partial charge in [-0.3, -0.25) is 9.69 Å². The summed E-state index contributed by atoms with van der Waals surface area (Å²) in [5.41, 5.74) is 5.71. The van der Waals surface area contributed by atoms with Crippen molar-refractivity contribution in [1.29, 1.82) is 0 Å². The zero-order chi connectivity index (χ0) is 13.8. The third-order valence-corrected chi connectivity index (χ3v) is 3.50. The number of benzene rings is 1. The van der Waals surface area contributed by atoms with E-state index >= 15 is 0 Å². The van der Waals surface area contributed by atoms with Crippen LogP contribution >= 0.6 is 11.6 Å². The number of hydrogen-bond acceptors (Lipinski definition) is 3. The van der Waals surface area contributed by atoms with E-state index in [0.29, 0.717) is 18.1 Å². The number of nitrogens with two attached hydrogens (primary N) is 1. The van der Waals surface area contributed by atoms with Crippen molar-refractivity contribution in [3.8, 4) is 0 Å². The van der Waals surface area contributed by atoms with Gasteiger partial charge in [-0.1, -0.05) is 11.6 Å². The standard InChI is InChI=1S/C13H17ClFN3O/c14-9-2-3-11(15)10(8-9)12(13(16)19)18-6-1-4-17-5-7-18/h2-3,8,12,17H,1,4-7H2,(H2,16,19). The normalized spacial score (nSPS) is 18.8. The largest absolute Gasteiger partial charge is 0.368 e. The molecule has 0 radical (unpaired) electrons. The van der Waals surface area contributed by atoms with Crippen molar-refractivity contribution in [2.75, 3.05) is 26.2 Å². The van der Waals surface area contributed by atoms with Crippen molar-refractivity contribution in [3.63, 3.8) is 0 Å². The molecule has 19 heavy (non-hydrogen) atoms. The van der Waals surface area contributed by atoms with Crippen LogP contribution in [0.4, 0.5) is 4.39 Å². The molecule has 0 spiro atoms. The second-order valence-electron chi connectivity index (χ2n) is 4.61. The molecular formula is C13H17ClFN3O. The lowest BCUT2D eigenvalue weighted by Crippen LogP contribution is -2.40. The molecule has 1 heterocycles. The van der Waals surface area contributed by atoms with E-state index in [2.05, 4.69) is 5.32 Å². The molecule has 1 fully saturated rings. The number of rotatable bonds is 3. The summed E-state index contributed by atoms with van der Waals surface area (Å²) in [7, 11) is 0. The molecule has 1 unspecified atom stereocenters. The smallest absolute Gasteiger partial charge is 0.239 e. The Morgan fingerprint density at radius 1 is 1.42 bits per heavy atom. The van der Waals surface area contributed by atoms with Crippen molar-refractivity contribution in [1.82, 2.24) is 10.2 Å². The average molecular weight is 286 g/mol. The molecule has 1 amide bonds. The lowest BCUT2D eigenvalue weighted by atomic mass is 10.0. The fourth-order valence-corrected chi connectivity index (χ4v) is 2.56. The Bertz CT molecular complexity index is 461. The second-order valence-corrected chi connectivity index (χ2v) is 5.05. The first kappa shape index (κ1) is 14.2. The third kappa shape index (κ3) is 3.43. The fourth-order valence-electron chi connectivity index (χ4n) is 2.38. The molecule has 1 aliphatic heterocycles. The number of nitrogens with zero attached hydrogens (tertiary/aromatic N) is 1. The van der Waals surface area contributed by atoms with Gasteiger partial charge in [0, 0.05) is 30.2 Å². The maximum atomic E-state index is 13.9. The molecule has 2 rings (SSSR count). The minimum absolute atomic E-state index is 0.252. The highest BCUT2D eigenvalue weighted by atomic mass is 35.5. The number of halogens is 2. The first-order valence-corrected chi connectivity index (χ1v) is 6.66. The number of amides is 1. The van der Waals surface area contributed by atoms with E-state index in [-0.39, 0.29) is 5.56 Å². The van der Waals surface area contributed by atoms with Gasteiger partial charge in [0.2, 0.25) is 5.91 Å². The van der Waals surface area contributed by atoms with Crippen LogP contribution in [0.15, 0.2) is 18.2 Å². The molecule has 0 aromatic heterocycles. The van der Waals surface area contributed by atoms with E-state index in [1.54, 1.807) is 0 Å². The van der Waals surface area contributed by atoms with Gasteiger partial charge in [0.1, 0.15) is 11.9 Å². The number of carbonyl (C=O) groups excluding carboxylic acids is 1. The quantitative estimate of drug-likeness (QED) is 0.880. The first-order chi connectivity index (χ1) is 9.09. The highest BCUT2D eigenvalue weighted by Gasteiger charge is 2.28. The van der Waals surface area contributed by atoms with Crippen molar-refractivity contribution in [2.45, 2.75) is 12.5 Å². The third-order valence-electron chi connectivity index (χ3n) is 3.26. The maximum Gasteiger partial charge on any atom is 0.239 e. The topological polar surface area (TPSA) is 58.4 Å². The molecule has 1 saturated heterocycles. The van der Waals surface area contributed by atoms with Crippen LogP contribution < -0.4 is 11.1 Å². The van der Waals surface area contributed by atoms with Gasteiger partial charge in [-0.25, -0.2) is 4.39 Å². The number of carbonyl (C=O) groups is 1. The number of primary amides is 1. The van der Waals surface area contributed by atoms with E-state index in [4.69, 9.17) is 17.3 Å². The Morgan fingerprint density at radius 2 is 2.21 bits per heavy atom. The van der Waals surface area contributed by atoms with Gasteiger partial charge in [-0.05, 0) is 31.2 Å². The molecule has 1 aromatic rings. The van der Waals surface area contributed by atoms with E-state index < -0.39 is 17.8 Å². The van der Waals surface area contributed by atoms with Crippen LogP contribution in [0.5, 0.6) is 0 Å². The fraction of sp³-hybridized carbons (Fsp3) is 0.462. The summed E-state index contributed by atoms with van der Waals surface area (Å²) in [5.74, 6) is -1.01. The van der Waals surface area contributed by atoms with Crippen molar-refractivity contribution >= 4 is 17.5 Å². The maximum absolute atomic E-state index is 13.9. The lowest BCUT2D eigenvalue weighted by Gasteiger charge is -2.28. The monoisotopic (exact) mass is 285 g/mol. The molecule has 0 saturated carbocycles. The Kier molecular flexibility index (Phi) is 4.74. The molecule has 1 atom stereocenters. The summed E-state index contributed by atoms with van der Waals surface area (Å²) in [6.45, 7) is 3.00. The molecule has 0 aliphatic carbocycles. The van der Waals surface area contributed by atoms with E-state index in [1.807, 2.05) is 4.90 Å². The molecule has 0 bridgehead atoms. The van der Waals surface area contributed by atoms with E-state index in [9.17, 15) is 9.18 Å². The summed E-state index contributed by atoms with van der Waals surface area (Å²) in [6, 6.07) is 3.44. The van der Waals surface area contributed by atoms with Gasteiger partial charge in [-0.2, -0.15) is 0 Å². The van der Waals surface area contributed by atoms with Gasteiger partial charge in [-0.15, -0.1) is 0 Å². The van der Waals surface area contributed by atoms with Crippen LogP contribution in [0.2, 0.25) is 5.02 Å². The van der Waals surface area contributed by atoms with Gasteiger partial charge >= 0.3 is 0 Å². The molecule has 4 nitrogen and oxygen atoms in total. The van der Waals surface area contributed by atoms with Crippen LogP contribution in [-0.2, 0) is 4.79 Å². The Labute approximate surface area is 116 Å². The SMILES string of the molecule is NC(=O)C(c1cc(Cl)ccc1F)N1CCCNCC1. The minimum Gasteiger partial charge on any atom is -0.368 e. The van der Waals surface area contributed by atoms with Crippen LogP contribution in [-0.4, -0.2) is 37.0 Å². The van der Waals surface area contributed by atoms with Crippen molar-refractivity contribution in [2.24, 2.45) is 5.73 Å². The van der Waals surface area contributed by atoms with Gasteiger partial charge in [0.15, 0.2) is 0 Å². The van der Waals surface area contributed by atoms with Crippen LogP contribution in [0.25, 0.3) is 0 Å². The Morgan fingerprint density at radius 3 is 2.95 bits per heavy atom. The van der Waals surface area contributed by atoms with Crippen molar-refractivity contribution < 1.29 is 9.18 Å². The second kappa shape index (κ2) is 6.32. The van der Waals surface area contributed by atoms with Gasteiger partial charge in [0.05, 0.1) is 0 Å². The van der Waals surface area contributed by atoms with E-state index in [0.717, 1.165) is 19.5 Å². The summed E-state index contributed by atoms with van der Waals surface area (Å²) < 4.78 is 13.9. The minimum atomic E-state index is -0.765. The first-order valence-electron chi connectivity index (χ1n) is 6.28. The molecule has 1 aromatic carbocycles. The van der Waals surface area contributed by atoms with Gasteiger partial charge < -0.3 is 11.1 Å². The van der Waals surface area contributed by atoms with Crippen LogP contribution in [0.3, 0.4) is 0 Å². The zero-order valence-electron chi connectivity index (χ0n) is 10.5. The summed E-state index contributed by atoms with van der Waals surface area (Å²) in [4.78, 5) is 13.6. The van der Waals surface area contributed by atoms with Crippen LogP contribution in [0, 0.1) is 5.82 Å². The van der Waals surface area contributed by atoms with Crippen LogP contribution in [0.1, 0.15) is 18.0 Å². The number of hydrogen-bond donors (Lipinski definition) is 2.